The second kappa shape index (κ2) is 11.3. The van der Waals surface area contributed by atoms with Crippen LogP contribution in [0.2, 0.25) is 0 Å². The molecule has 3 heterocycles. The Hall–Kier alpha value is -3.10. The van der Waals surface area contributed by atoms with Gasteiger partial charge in [0.2, 0.25) is 11.9 Å². The zero-order valence-corrected chi connectivity index (χ0v) is 21.6. The Kier molecular flexibility index (Phi) is 7.72. The molecular weight excluding hydrogens is 470 g/mol. The largest absolute Gasteiger partial charge is 0.483 e. The number of hydrogen-bond donors (Lipinski definition) is 2. The molecule has 5 rings (SSSR count). The Morgan fingerprint density at radius 1 is 1.08 bits per heavy atom. The van der Waals surface area contributed by atoms with Gasteiger partial charge in [-0.1, -0.05) is 12.1 Å². The SMILES string of the molecule is Cc1nc(N2CCC(N3CCCC3)CC2)nc2ccc(NC(=O)/C=C/c3ccc(OCS)cc3)cc12. The minimum atomic E-state index is -0.193. The molecule has 0 atom stereocenters. The lowest BCUT2D eigenvalue weighted by molar-refractivity contribution is -0.111. The standard InChI is InChI=1S/C28H33N5O2S/c1-20-25-18-22(30-27(34)11-6-21-4-8-24(9-5-21)35-19-36)7-10-26(25)31-28(29-20)33-16-12-23(13-17-33)32-14-2-3-15-32/h4-11,18,23,36H,2-3,12-17,19H2,1H3,(H,30,34)/b11-6+. The Bertz CT molecular complexity index is 1230. The van der Waals surface area contributed by atoms with Crippen molar-refractivity contribution in [1.29, 1.82) is 0 Å². The van der Waals surface area contributed by atoms with Crippen LogP contribution in [0.15, 0.2) is 48.5 Å². The normalized spacial score (nSPS) is 17.2. The minimum absolute atomic E-state index is 0.193. The van der Waals surface area contributed by atoms with Gasteiger partial charge in [0, 0.05) is 36.3 Å². The maximum Gasteiger partial charge on any atom is 0.248 e. The number of thiol groups is 1. The molecule has 1 aromatic heterocycles. The first-order chi connectivity index (χ1) is 17.6. The predicted molar refractivity (Wildman–Crippen MR) is 149 cm³/mol. The molecule has 2 aliphatic heterocycles. The molecule has 0 unspecified atom stereocenters. The van der Waals surface area contributed by atoms with E-state index in [4.69, 9.17) is 14.7 Å². The van der Waals surface area contributed by atoms with Gasteiger partial charge in [-0.3, -0.25) is 4.79 Å². The van der Waals surface area contributed by atoms with Crippen molar-refractivity contribution in [3.8, 4) is 5.75 Å². The topological polar surface area (TPSA) is 70.6 Å². The average molecular weight is 504 g/mol. The highest BCUT2D eigenvalue weighted by Crippen LogP contribution is 2.26. The molecular formula is C28H33N5O2S. The Balaban J connectivity index is 1.22. The van der Waals surface area contributed by atoms with Gasteiger partial charge in [-0.15, -0.1) is 12.6 Å². The van der Waals surface area contributed by atoms with Crippen LogP contribution < -0.4 is 15.0 Å². The molecule has 2 aliphatic rings. The molecule has 188 valence electrons. The number of aromatic nitrogens is 2. The molecule has 2 saturated heterocycles. The number of fused-ring (bicyclic) bond motifs is 1. The smallest absolute Gasteiger partial charge is 0.248 e. The van der Waals surface area contributed by atoms with Crippen molar-refractivity contribution in [1.82, 2.24) is 14.9 Å². The molecule has 8 heteroatoms. The van der Waals surface area contributed by atoms with Gasteiger partial charge in [0.15, 0.2) is 0 Å². The van der Waals surface area contributed by atoms with E-state index in [1.54, 1.807) is 6.08 Å². The van der Waals surface area contributed by atoms with Gasteiger partial charge < -0.3 is 19.9 Å². The maximum atomic E-state index is 12.5. The van der Waals surface area contributed by atoms with E-state index < -0.39 is 0 Å². The summed E-state index contributed by atoms with van der Waals surface area (Å²) in [4.78, 5) is 27.1. The van der Waals surface area contributed by atoms with Crippen LogP contribution in [0.4, 0.5) is 11.6 Å². The third-order valence-electron chi connectivity index (χ3n) is 7.08. The van der Waals surface area contributed by atoms with Crippen LogP contribution in [0.3, 0.4) is 0 Å². The number of nitrogens with zero attached hydrogens (tertiary/aromatic N) is 4. The monoisotopic (exact) mass is 503 g/mol. The number of nitrogens with one attached hydrogen (secondary N) is 1. The van der Waals surface area contributed by atoms with Gasteiger partial charge in [0.25, 0.3) is 0 Å². The first kappa shape index (κ1) is 24.6. The summed E-state index contributed by atoms with van der Waals surface area (Å²) in [6.07, 6.45) is 8.32. The molecule has 1 amide bonds. The van der Waals surface area contributed by atoms with E-state index in [9.17, 15) is 4.79 Å². The van der Waals surface area contributed by atoms with Crippen LogP contribution in [-0.2, 0) is 4.79 Å². The minimum Gasteiger partial charge on any atom is -0.483 e. The van der Waals surface area contributed by atoms with Crippen molar-refractivity contribution < 1.29 is 9.53 Å². The molecule has 0 spiro atoms. The number of piperidine rings is 1. The molecule has 0 saturated carbocycles. The number of benzene rings is 2. The molecule has 0 aliphatic carbocycles. The highest BCUT2D eigenvalue weighted by atomic mass is 32.1. The molecule has 36 heavy (non-hydrogen) atoms. The highest BCUT2D eigenvalue weighted by molar-refractivity contribution is 7.80. The first-order valence-electron chi connectivity index (χ1n) is 12.7. The third kappa shape index (κ3) is 5.82. The van der Waals surface area contributed by atoms with Crippen LogP contribution in [0.5, 0.6) is 5.75 Å². The summed E-state index contributed by atoms with van der Waals surface area (Å²) < 4.78 is 5.32. The second-order valence-corrected chi connectivity index (χ2v) is 9.73. The van der Waals surface area contributed by atoms with Gasteiger partial charge in [-0.2, -0.15) is 0 Å². The fourth-order valence-electron chi connectivity index (χ4n) is 5.13. The van der Waals surface area contributed by atoms with Gasteiger partial charge in [0.05, 0.1) is 11.2 Å². The van der Waals surface area contributed by atoms with E-state index in [0.29, 0.717) is 12.0 Å². The Labute approximate surface area is 218 Å². The van der Waals surface area contributed by atoms with E-state index in [2.05, 4.69) is 27.7 Å². The zero-order chi connectivity index (χ0) is 24.9. The molecule has 7 nitrogen and oxygen atoms in total. The van der Waals surface area contributed by atoms with Crippen molar-refractivity contribution in [2.24, 2.45) is 0 Å². The van der Waals surface area contributed by atoms with E-state index in [-0.39, 0.29) is 5.91 Å². The number of rotatable bonds is 7. The van der Waals surface area contributed by atoms with Crippen molar-refractivity contribution in [3.05, 3.63) is 59.8 Å². The number of carbonyl (C=O) groups excluding carboxylic acids is 1. The van der Waals surface area contributed by atoms with Crippen LogP contribution in [0, 0.1) is 6.92 Å². The molecule has 2 aromatic carbocycles. The number of carbonyl (C=O) groups is 1. The number of amides is 1. The number of ether oxygens (including phenoxy) is 1. The maximum absolute atomic E-state index is 12.5. The fourth-order valence-corrected chi connectivity index (χ4v) is 5.28. The lowest BCUT2D eigenvalue weighted by Crippen LogP contribution is -2.44. The van der Waals surface area contributed by atoms with Crippen LogP contribution in [0.25, 0.3) is 17.0 Å². The lowest BCUT2D eigenvalue weighted by atomic mass is 10.0. The van der Waals surface area contributed by atoms with Gasteiger partial charge in [-0.05, 0) is 87.7 Å². The molecule has 2 fully saturated rings. The van der Waals surface area contributed by atoms with Crippen molar-refractivity contribution in [2.75, 3.05) is 42.3 Å². The van der Waals surface area contributed by atoms with E-state index in [1.807, 2.05) is 49.4 Å². The Morgan fingerprint density at radius 2 is 1.83 bits per heavy atom. The van der Waals surface area contributed by atoms with Crippen LogP contribution in [-0.4, -0.2) is 58.9 Å². The Morgan fingerprint density at radius 3 is 2.56 bits per heavy atom. The highest BCUT2D eigenvalue weighted by Gasteiger charge is 2.27. The van der Waals surface area contributed by atoms with Gasteiger partial charge in [-0.25, -0.2) is 9.97 Å². The predicted octanol–water partition coefficient (Wildman–Crippen LogP) is 4.92. The molecule has 3 aromatic rings. The number of likely N-dealkylation sites (tertiary alicyclic amines) is 1. The molecule has 1 N–H and O–H groups in total. The lowest BCUT2D eigenvalue weighted by Gasteiger charge is -2.36. The summed E-state index contributed by atoms with van der Waals surface area (Å²) in [6.45, 7) is 6.51. The van der Waals surface area contributed by atoms with Crippen LogP contribution in [0.1, 0.15) is 36.9 Å². The van der Waals surface area contributed by atoms with Gasteiger partial charge in [0.1, 0.15) is 11.7 Å². The number of hydrogen-bond acceptors (Lipinski definition) is 7. The van der Waals surface area contributed by atoms with E-state index >= 15 is 0 Å². The van der Waals surface area contributed by atoms with Gasteiger partial charge >= 0.3 is 0 Å². The van der Waals surface area contributed by atoms with Crippen molar-refractivity contribution in [2.45, 2.75) is 38.6 Å². The van der Waals surface area contributed by atoms with Crippen LogP contribution >= 0.6 is 12.6 Å². The van der Waals surface area contributed by atoms with Crippen molar-refractivity contribution >= 4 is 47.2 Å². The summed E-state index contributed by atoms with van der Waals surface area (Å²) in [7, 11) is 0. The summed E-state index contributed by atoms with van der Waals surface area (Å²) >= 11 is 4.05. The summed E-state index contributed by atoms with van der Waals surface area (Å²) in [5, 5.41) is 3.89. The molecule has 0 bridgehead atoms. The molecule has 0 radical (unpaired) electrons. The summed E-state index contributed by atoms with van der Waals surface area (Å²) in [6, 6.07) is 14.0. The average Bonchev–Trinajstić information content (AvgIpc) is 3.44. The summed E-state index contributed by atoms with van der Waals surface area (Å²) in [5.41, 5.74) is 3.46. The van der Waals surface area contributed by atoms with E-state index in [0.717, 1.165) is 52.6 Å². The van der Waals surface area contributed by atoms with E-state index in [1.165, 1.54) is 44.8 Å². The number of anilines is 2. The number of aryl methyl sites for hydroxylation is 1. The zero-order valence-electron chi connectivity index (χ0n) is 20.7. The first-order valence-corrected chi connectivity index (χ1v) is 13.3. The second-order valence-electron chi connectivity index (χ2n) is 9.47. The third-order valence-corrected chi connectivity index (χ3v) is 7.21. The van der Waals surface area contributed by atoms with Crippen molar-refractivity contribution in [3.63, 3.8) is 0 Å². The summed E-state index contributed by atoms with van der Waals surface area (Å²) in [5.74, 6) is 1.69. The quantitative estimate of drug-likeness (QED) is 0.271. The fraction of sp³-hybridized carbons (Fsp3) is 0.393.